The zero-order chi connectivity index (χ0) is 10.7. The molecule has 0 aromatic carbocycles. The van der Waals surface area contributed by atoms with Gasteiger partial charge < -0.3 is 5.73 Å². The van der Waals surface area contributed by atoms with Gasteiger partial charge in [0.2, 0.25) is 0 Å². The summed E-state index contributed by atoms with van der Waals surface area (Å²) in [6.45, 7) is 8.65. The Balaban J connectivity index is 2.82. The number of rotatable bonds is 3. The standard InChI is InChI=1S/C11H18N2S/c1-7(2)9(4)14-11-10(12)8(3)5-6-13-11/h5-7,9H,12H2,1-4H3. The number of pyridine rings is 1. The second kappa shape index (κ2) is 4.69. The summed E-state index contributed by atoms with van der Waals surface area (Å²) in [5, 5.41) is 1.51. The van der Waals surface area contributed by atoms with Gasteiger partial charge in [0.05, 0.1) is 5.69 Å². The number of thioether (sulfide) groups is 1. The first-order chi connectivity index (χ1) is 6.52. The summed E-state index contributed by atoms with van der Waals surface area (Å²) in [5.74, 6) is 0.640. The molecule has 3 heteroatoms. The van der Waals surface area contributed by atoms with Crippen LogP contribution in [0.1, 0.15) is 26.3 Å². The van der Waals surface area contributed by atoms with Crippen molar-refractivity contribution in [3.05, 3.63) is 17.8 Å². The minimum atomic E-state index is 0.548. The van der Waals surface area contributed by atoms with Gasteiger partial charge in [0.15, 0.2) is 0 Å². The van der Waals surface area contributed by atoms with Crippen LogP contribution in [0.3, 0.4) is 0 Å². The van der Waals surface area contributed by atoms with E-state index in [0.29, 0.717) is 11.2 Å². The lowest BCUT2D eigenvalue weighted by atomic mass is 10.2. The quantitative estimate of drug-likeness (QED) is 0.779. The Morgan fingerprint density at radius 1 is 1.36 bits per heavy atom. The molecular weight excluding hydrogens is 192 g/mol. The van der Waals surface area contributed by atoms with Crippen LogP contribution in [0.25, 0.3) is 0 Å². The summed E-state index contributed by atoms with van der Waals surface area (Å²) < 4.78 is 0. The molecule has 2 nitrogen and oxygen atoms in total. The molecule has 1 rings (SSSR count). The molecule has 1 atom stereocenters. The van der Waals surface area contributed by atoms with Crippen LogP contribution in [0.5, 0.6) is 0 Å². The molecule has 0 bridgehead atoms. The van der Waals surface area contributed by atoms with Gasteiger partial charge in [0, 0.05) is 11.4 Å². The van der Waals surface area contributed by atoms with Crippen LogP contribution >= 0.6 is 11.8 Å². The molecule has 0 saturated carbocycles. The van der Waals surface area contributed by atoms with Gasteiger partial charge in [0.1, 0.15) is 5.03 Å². The van der Waals surface area contributed by atoms with Gasteiger partial charge in [-0.3, -0.25) is 0 Å². The van der Waals surface area contributed by atoms with Crippen molar-refractivity contribution in [3.63, 3.8) is 0 Å². The molecule has 0 spiro atoms. The molecule has 0 saturated heterocycles. The van der Waals surface area contributed by atoms with Gasteiger partial charge in [-0.1, -0.05) is 20.8 Å². The van der Waals surface area contributed by atoms with Crippen LogP contribution in [0.2, 0.25) is 0 Å². The molecule has 0 fully saturated rings. The fraction of sp³-hybridized carbons (Fsp3) is 0.545. The predicted molar refractivity (Wildman–Crippen MR) is 63.5 cm³/mol. The van der Waals surface area contributed by atoms with Gasteiger partial charge in [0.25, 0.3) is 0 Å². The number of nitrogens with two attached hydrogens (primary N) is 1. The molecule has 0 aliphatic heterocycles. The molecule has 0 aliphatic rings. The molecule has 1 aromatic rings. The minimum Gasteiger partial charge on any atom is -0.396 e. The van der Waals surface area contributed by atoms with Crippen molar-refractivity contribution in [1.29, 1.82) is 0 Å². The molecule has 1 heterocycles. The maximum absolute atomic E-state index is 5.95. The zero-order valence-electron chi connectivity index (χ0n) is 9.24. The molecular formula is C11H18N2S. The van der Waals surface area contributed by atoms with E-state index in [1.54, 1.807) is 11.8 Å². The van der Waals surface area contributed by atoms with Crippen LogP contribution in [0.15, 0.2) is 17.3 Å². The lowest BCUT2D eigenvalue weighted by Crippen LogP contribution is -2.07. The van der Waals surface area contributed by atoms with Crippen LogP contribution in [0.4, 0.5) is 5.69 Å². The highest BCUT2D eigenvalue weighted by Gasteiger charge is 2.12. The highest BCUT2D eigenvalue weighted by Crippen LogP contribution is 2.31. The van der Waals surface area contributed by atoms with Gasteiger partial charge >= 0.3 is 0 Å². The van der Waals surface area contributed by atoms with Crippen molar-refractivity contribution in [2.45, 2.75) is 38.0 Å². The largest absolute Gasteiger partial charge is 0.396 e. The number of anilines is 1. The summed E-state index contributed by atoms with van der Waals surface area (Å²) in [6, 6.07) is 1.94. The van der Waals surface area contributed by atoms with Crippen molar-refractivity contribution in [2.75, 3.05) is 5.73 Å². The summed E-state index contributed by atoms with van der Waals surface area (Å²) >= 11 is 1.76. The zero-order valence-corrected chi connectivity index (χ0v) is 10.1. The van der Waals surface area contributed by atoms with E-state index in [0.717, 1.165) is 16.3 Å². The Kier molecular flexibility index (Phi) is 3.81. The second-order valence-electron chi connectivity index (χ2n) is 3.91. The topological polar surface area (TPSA) is 38.9 Å². The van der Waals surface area contributed by atoms with Crippen molar-refractivity contribution < 1.29 is 0 Å². The predicted octanol–water partition coefficient (Wildman–Crippen LogP) is 3.11. The van der Waals surface area contributed by atoms with Crippen LogP contribution in [-0.2, 0) is 0 Å². The second-order valence-corrected chi connectivity index (χ2v) is 5.28. The van der Waals surface area contributed by atoms with Crippen LogP contribution in [-0.4, -0.2) is 10.2 Å². The Morgan fingerprint density at radius 2 is 2.00 bits per heavy atom. The Hall–Kier alpha value is -0.700. The Bertz CT molecular complexity index is 310. The first kappa shape index (κ1) is 11.4. The highest BCUT2D eigenvalue weighted by molar-refractivity contribution is 8.00. The van der Waals surface area contributed by atoms with E-state index < -0.39 is 0 Å². The third-order valence-corrected chi connectivity index (χ3v) is 3.87. The number of hydrogen-bond donors (Lipinski definition) is 1. The molecule has 0 radical (unpaired) electrons. The van der Waals surface area contributed by atoms with Gasteiger partial charge in [-0.15, -0.1) is 11.8 Å². The average Bonchev–Trinajstić information content (AvgIpc) is 2.12. The highest BCUT2D eigenvalue weighted by atomic mass is 32.2. The van der Waals surface area contributed by atoms with E-state index >= 15 is 0 Å². The van der Waals surface area contributed by atoms with E-state index in [4.69, 9.17) is 5.73 Å². The number of aryl methyl sites for hydroxylation is 1. The molecule has 1 aromatic heterocycles. The molecule has 78 valence electrons. The van der Waals surface area contributed by atoms with Crippen LogP contribution < -0.4 is 5.73 Å². The first-order valence-electron chi connectivity index (χ1n) is 4.90. The third kappa shape index (κ3) is 2.64. The van der Waals surface area contributed by atoms with E-state index in [2.05, 4.69) is 25.8 Å². The summed E-state index contributed by atoms with van der Waals surface area (Å²) in [7, 11) is 0. The lowest BCUT2D eigenvalue weighted by Gasteiger charge is -2.15. The maximum atomic E-state index is 5.95. The summed E-state index contributed by atoms with van der Waals surface area (Å²) in [5.41, 5.74) is 7.88. The SMILES string of the molecule is Cc1ccnc(SC(C)C(C)C)c1N. The fourth-order valence-electron chi connectivity index (χ4n) is 0.951. The van der Waals surface area contributed by atoms with E-state index in [1.807, 2.05) is 19.2 Å². The average molecular weight is 210 g/mol. The maximum Gasteiger partial charge on any atom is 0.119 e. The normalized spacial score (nSPS) is 13.2. The lowest BCUT2D eigenvalue weighted by molar-refractivity contribution is 0.641. The van der Waals surface area contributed by atoms with Gasteiger partial charge in [-0.25, -0.2) is 4.98 Å². The summed E-state index contributed by atoms with van der Waals surface area (Å²) in [6.07, 6.45) is 1.82. The van der Waals surface area contributed by atoms with E-state index in [1.165, 1.54) is 0 Å². The molecule has 14 heavy (non-hydrogen) atoms. The Labute approximate surface area is 90.3 Å². The molecule has 1 unspecified atom stereocenters. The van der Waals surface area contributed by atoms with E-state index in [9.17, 15) is 0 Å². The first-order valence-corrected chi connectivity index (χ1v) is 5.78. The van der Waals surface area contributed by atoms with Crippen LogP contribution in [0, 0.1) is 12.8 Å². The van der Waals surface area contributed by atoms with Crippen molar-refractivity contribution in [1.82, 2.24) is 4.98 Å². The monoisotopic (exact) mass is 210 g/mol. The number of nitrogen functional groups attached to an aromatic ring is 1. The number of aromatic nitrogens is 1. The number of hydrogen-bond acceptors (Lipinski definition) is 3. The van der Waals surface area contributed by atoms with Crippen molar-refractivity contribution >= 4 is 17.4 Å². The molecule has 0 aliphatic carbocycles. The van der Waals surface area contributed by atoms with Crippen molar-refractivity contribution in [2.24, 2.45) is 5.92 Å². The number of nitrogens with zero attached hydrogens (tertiary/aromatic N) is 1. The third-order valence-electron chi connectivity index (χ3n) is 2.41. The smallest absolute Gasteiger partial charge is 0.119 e. The van der Waals surface area contributed by atoms with Gasteiger partial charge in [-0.05, 0) is 24.5 Å². The minimum absolute atomic E-state index is 0.548. The molecule has 0 amide bonds. The molecule has 2 N–H and O–H groups in total. The van der Waals surface area contributed by atoms with E-state index in [-0.39, 0.29) is 0 Å². The van der Waals surface area contributed by atoms with Gasteiger partial charge in [-0.2, -0.15) is 0 Å². The fourth-order valence-corrected chi connectivity index (χ4v) is 1.98. The summed E-state index contributed by atoms with van der Waals surface area (Å²) in [4.78, 5) is 4.30. The van der Waals surface area contributed by atoms with Crippen molar-refractivity contribution in [3.8, 4) is 0 Å². The Morgan fingerprint density at radius 3 is 2.57 bits per heavy atom.